The van der Waals surface area contributed by atoms with Gasteiger partial charge < -0.3 is 20.3 Å². The number of thiol groups is 1. The van der Waals surface area contributed by atoms with Crippen LogP contribution in [-0.2, 0) is 31.8 Å². The number of nitrogens with zero attached hydrogens (tertiary/aromatic N) is 5. The van der Waals surface area contributed by atoms with Gasteiger partial charge in [-0.2, -0.15) is 18.4 Å². The molecule has 3 N–H and O–H groups in total. The van der Waals surface area contributed by atoms with E-state index >= 15 is 0 Å². The minimum absolute atomic E-state index is 0.0131. The van der Waals surface area contributed by atoms with E-state index in [9.17, 15) is 37.6 Å². The number of halogens is 4. The van der Waals surface area contributed by atoms with E-state index in [2.05, 4.69) is 25.8 Å². The highest BCUT2D eigenvalue weighted by Gasteiger charge is 2.52. The second-order valence-electron chi connectivity index (χ2n) is 14.8. The van der Waals surface area contributed by atoms with Crippen LogP contribution in [0.15, 0.2) is 54.6 Å². The van der Waals surface area contributed by atoms with Crippen molar-refractivity contribution in [3.8, 4) is 11.8 Å². The molecule has 3 aliphatic rings. The van der Waals surface area contributed by atoms with Crippen LogP contribution in [0.2, 0.25) is 5.02 Å². The number of piperidine rings is 1. The van der Waals surface area contributed by atoms with Crippen LogP contribution in [0, 0.1) is 11.3 Å². The standard InChI is InChI=1S/C40H44ClF3N8O5S/c1-4-24-17-30(52-38(58)51(37(56)39(52,2)3)29-6-5-25(22-45)31(21-29)40(42,43)44)7-9-33(24)57-16-15-49-11-13-50(14-12-49)23-35(54)47-28-19-26(41)18-27(20-28)46-32-8-10-34(53)48-36(32)55/h5-7,9,17-21,32,38,46,58H,4,8,10-16,23H2,1-3H3,(H,47,54)(H,48,53,55). The zero-order chi connectivity index (χ0) is 41.9. The lowest BCUT2D eigenvalue weighted by Gasteiger charge is -2.34. The Balaban J connectivity index is 0.999. The van der Waals surface area contributed by atoms with Crippen molar-refractivity contribution in [2.24, 2.45) is 0 Å². The molecule has 2 atom stereocenters. The first-order valence-electron chi connectivity index (χ1n) is 18.8. The van der Waals surface area contributed by atoms with Crippen LogP contribution in [-0.4, -0.2) is 96.4 Å². The van der Waals surface area contributed by atoms with E-state index in [0.29, 0.717) is 66.9 Å². The fourth-order valence-electron chi connectivity index (χ4n) is 7.40. The normalized spacial score (nSPS) is 20.2. The van der Waals surface area contributed by atoms with Gasteiger partial charge in [-0.3, -0.25) is 39.2 Å². The molecule has 0 aromatic heterocycles. The van der Waals surface area contributed by atoms with Crippen molar-refractivity contribution >= 4 is 70.6 Å². The number of alkyl halides is 3. The SMILES string of the molecule is CCc1cc(N2C(S)N(c3ccc(C#N)c(C(F)(F)F)c3)C(=O)C2(C)C)ccc1OCCN1CCN(CC(=O)Nc2cc(Cl)cc(NC3CCC(=O)NC3=O)c2)CC1. The van der Waals surface area contributed by atoms with Crippen molar-refractivity contribution in [3.05, 3.63) is 76.3 Å². The van der Waals surface area contributed by atoms with Gasteiger partial charge in [0.05, 0.1) is 23.7 Å². The number of ether oxygens (including phenoxy) is 1. The van der Waals surface area contributed by atoms with Crippen LogP contribution < -0.4 is 30.5 Å². The smallest absolute Gasteiger partial charge is 0.417 e. The maximum Gasteiger partial charge on any atom is 0.417 e. The van der Waals surface area contributed by atoms with Crippen molar-refractivity contribution in [1.29, 1.82) is 5.26 Å². The third-order valence-corrected chi connectivity index (χ3v) is 11.2. The predicted molar refractivity (Wildman–Crippen MR) is 217 cm³/mol. The lowest BCUT2D eigenvalue weighted by Crippen LogP contribution is -2.49. The van der Waals surface area contributed by atoms with Gasteiger partial charge in [0.25, 0.3) is 5.91 Å². The van der Waals surface area contributed by atoms with Gasteiger partial charge in [-0.15, -0.1) is 12.6 Å². The number of rotatable bonds is 12. The van der Waals surface area contributed by atoms with Gasteiger partial charge in [-0.1, -0.05) is 18.5 Å². The van der Waals surface area contributed by atoms with Gasteiger partial charge in [0.2, 0.25) is 17.7 Å². The number of amides is 4. The lowest BCUT2D eigenvalue weighted by atomic mass is 10.0. The topological polar surface area (TPSA) is 150 Å². The first-order chi connectivity index (χ1) is 27.5. The number of piperazine rings is 1. The summed E-state index contributed by atoms with van der Waals surface area (Å²) in [5.74, 6) is -0.685. The second-order valence-corrected chi connectivity index (χ2v) is 15.7. The number of imide groups is 1. The number of hydrogen-bond acceptors (Lipinski definition) is 11. The molecule has 0 radical (unpaired) electrons. The number of nitrogens with one attached hydrogen (secondary N) is 3. The molecule has 3 aromatic carbocycles. The monoisotopic (exact) mass is 840 g/mol. The van der Waals surface area contributed by atoms with E-state index in [0.717, 1.165) is 30.8 Å². The Kier molecular flexibility index (Phi) is 12.8. The molecule has 2 unspecified atom stereocenters. The van der Waals surface area contributed by atoms with Gasteiger partial charge in [-0.05, 0) is 86.8 Å². The number of hydrogen-bond donors (Lipinski definition) is 4. The molecule has 13 nitrogen and oxygen atoms in total. The molecule has 3 saturated heterocycles. The molecule has 0 bridgehead atoms. The van der Waals surface area contributed by atoms with Gasteiger partial charge in [0.1, 0.15) is 23.9 Å². The highest BCUT2D eigenvalue weighted by atomic mass is 35.5. The molecule has 308 valence electrons. The van der Waals surface area contributed by atoms with E-state index in [4.69, 9.17) is 29.0 Å². The molecule has 3 aromatic rings. The quantitative estimate of drug-likeness (QED) is 0.136. The van der Waals surface area contributed by atoms with Crippen molar-refractivity contribution in [3.63, 3.8) is 0 Å². The number of carbonyl (C=O) groups excluding carboxylic acids is 4. The number of aryl methyl sites for hydroxylation is 1. The summed E-state index contributed by atoms with van der Waals surface area (Å²) in [6.07, 6.45) is -3.58. The number of benzene rings is 3. The Labute approximate surface area is 344 Å². The summed E-state index contributed by atoms with van der Waals surface area (Å²) >= 11 is 11.0. The Morgan fingerprint density at radius 2 is 1.71 bits per heavy atom. The van der Waals surface area contributed by atoms with E-state index in [1.165, 1.54) is 11.0 Å². The molecule has 18 heteroatoms. The molecule has 0 aliphatic carbocycles. The minimum Gasteiger partial charge on any atom is -0.492 e. The van der Waals surface area contributed by atoms with E-state index in [-0.39, 0.29) is 30.5 Å². The Morgan fingerprint density at radius 3 is 2.38 bits per heavy atom. The molecule has 58 heavy (non-hydrogen) atoms. The first-order valence-corrected chi connectivity index (χ1v) is 19.7. The predicted octanol–water partition coefficient (Wildman–Crippen LogP) is 5.49. The second kappa shape index (κ2) is 17.5. The number of anilines is 4. The molecule has 3 aliphatic heterocycles. The fraction of sp³-hybridized carbons (Fsp3) is 0.425. The van der Waals surface area contributed by atoms with Crippen LogP contribution in [0.4, 0.5) is 35.9 Å². The van der Waals surface area contributed by atoms with Crippen molar-refractivity contribution in [2.45, 2.75) is 63.3 Å². The summed E-state index contributed by atoms with van der Waals surface area (Å²) in [4.78, 5) is 57.6. The van der Waals surface area contributed by atoms with Crippen molar-refractivity contribution < 1.29 is 37.1 Å². The lowest BCUT2D eigenvalue weighted by molar-refractivity contribution is -0.138. The van der Waals surface area contributed by atoms with Crippen LogP contribution in [0.25, 0.3) is 0 Å². The van der Waals surface area contributed by atoms with Gasteiger partial charge in [0, 0.05) is 66.9 Å². The summed E-state index contributed by atoms with van der Waals surface area (Å²) in [5.41, 5.74) is -1.20. The largest absolute Gasteiger partial charge is 0.492 e. The fourth-order valence-corrected chi connectivity index (χ4v) is 8.29. The molecule has 0 saturated carbocycles. The summed E-state index contributed by atoms with van der Waals surface area (Å²) in [5, 5.41) is 17.9. The first kappa shape index (κ1) is 42.6. The maximum absolute atomic E-state index is 13.8. The Morgan fingerprint density at radius 1 is 1.02 bits per heavy atom. The van der Waals surface area contributed by atoms with Gasteiger partial charge in [0.15, 0.2) is 5.50 Å². The highest BCUT2D eigenvalue weighted by molar-refractivity contribution is 7.81. The molecular weight excluding hydrogens is 797 g/mol. The number of carbonyl (C=O) groups is 4. The van der Waals surface area contributed by atoms with Crippen LogP contribution >= 0.6 is 24.2 Å². The van der Waals surface area contributed by atoms with E-state index in [1.807, 2.05) is 19.1 Å². The average molecular weight is 841 g/mol. The summed E-state index contributed by atoms with van der Waals surface area (Å²) < 4.78 is 47.5. The molecule has 6 rings (SSSR count). The molecule has 4 amide bonds. The van der Waals surface area contributed by atoms with Gasteiger partial charge >= 0.3 is 6.18 Å². The number of nitriles is 1. The van der Waals surface area contributed by atoms with Crippen LogP contribution in [0.5, 0.6) is 5.75 Å². The van der Waals surface area contributed by atoms with Crippen molar-refractivity contribution in [1.82, 2.24) is 15.1 Å². The van der Waals surface area contributed by atoms with Crippen LogP contribution in [0.3, 0.4) is 0 Å². The molecular formula is C40H44ClF3N8O5S. The molecule has 3 heterocycles. The average Bonchev–Trinajstić information content (AvgIpc) is 3.34. The van der Waals surface area contributed by atoms with Crippen LogP contribution in [0.1, 0.15) is 50.3 Å². The molecule has 0 spiro atoms. The third kappa shape index (κ3) is 9.47. The zero-order valence-electron chi connectivity index (χ0n) is 32.2. The third-order valence-electron chi connectivity index (χ3n) is 10.5. The minimum atomic E-state index is -4.78. The maximum atomic E-state index is 13.8. The summed E-state index contributed by atoms with van der Waals surface area (Å²) in [7, 11) is 0. The summed E-state index contributed by atoms with van der Waals surface area (Å²) in [6, 6.07) is 14.7. The highest BCUT2D eigenvalue weighted by Crippen LogP contribution is 2.43. The molecule has 3 fully saturated rings. The van der Waals surface area contributed by atoms with Gasteiger partial charge in [-0.25, -0.2) is 0 Å². The Bertz CT molecular complexity index is 2120. The zero-order valence-corrected chi connectivity index (χ0v) is 33.8. The van der Waals surface area contributed by atoms with Crippen molar-refractivity contribution in [2.75, 3.05) is 66.3 Å². The van der Waals surface area contributed by atoms with E-state index in [1.54, 1.807) is 49.1 Å². The summed E-state index contributed by atoms with van der Waals surface area (Å²) in [6.45, 7) is 9.42. The van der Waals surface area contributed by atoms with E-state index < -0.39 is 46.2 Å². The Hall–Kier alpha value is -5.02.